The van der Waals surface area contributed by atoms with Gasteiger partial charge in [-0.05, 0) is 36.1 Å². The van der Waals surface area contributed by atoms with E-state index in [4.69, 9.17) is 11.0 Å². The molecule has 1 heterocycles. The van der Waals surface area contributed by atoms with E-state index in [0.29, 0.717) is 16.1 Å². The topological polar surface area (TPSA) is 49.8 Å². The molecule has 4 heteroatoms. The summed E-state index contributed by atoms with van der Waals surface area (Å²) in [6, 6.07) is 7.26. The van der Waals surface area contributed by atoms with Gasteiger partial charge in [-0.2, -0.15) is 5.26 Å². The Morgan fingerprint density at radius 3 is 2.74 bits per heavy atom. The number of anilines is 1. The Balaban J connectivity index is 2.60. The van der Waals surface area contributed by atoms with Gasteiger partial charge in [0.15, 0.2) is 0 Å². The third kappa shape index (κ3) is 2.47. The second-order valence-electron chi connectivity index (χ2n) is 4.48. The SMILES string of the molecule is CCCc1c(-c2ccc(C)c(F)c2)sc(C#N)c1N. The van der Waals surface area contributed by atoms with Crippen molar-refractivity contribution in [3.8, 4) is 16.5 Å². The zero-order valence-electron chi connectivity index (χ0n) is 11.0. The Morgan fingerprint density at radius 2 is 2.16 bits per heavy atom. The largest absolute Gasteiger partial charge is 0.397 e. The highest BCUT2D eigenvalue weighted by Crippen LogP contribution is 2.39. The Bertz CT molecular complexity index is 653. The Labute approximate surface area is 116 Å². The van der Waals surface area contributed by atoms with Crippen LogP contribution < -0.4 is 5.73 Å². The highest BCUT2D eigenvalue weighted by atomic mass is 32.1. The highest BCUT2D eigenvalue weighted by Gasteiger charge is 2.17. The fourth-order valence-corrected chi connectivity index (χ4v) is 3.09. The normalized spacial score (nSPS) is 10.4. The maximum atomic E-state index is 13.7. The number of thiophene rings is 1. The lowest BCUT2D eigenvalue weighted by Crippen LogP contribution is -1.93. The molecule has 0 atom stereocenters. The van der Waals surface area contributed by atoms with Crippen molar-refractivity contribution in [2.24, 2.45) is 0 Å². The number of nitriles is 1. The molecule has 2 aromatic rings. The minimum absolute atomic E-state index is 0.231. The van der Waals surface area contributed by atoms with Crippen LogP contribution in [0.5, 0.6) is 0 Å². The van der Waals surface area contributed by atoms with Gasteiger partial charge in [0.25, 0.3) is 0 Å². The first-order chi connectivity index (χ1) is 9.08. The van der Waals surface area contributed by atoms with Crippen LogP contribution in [0.4, 0.5) is 10.1 Å². The molecular formula is C15H15FN2S. The fourth-order valence-electron chi connectivity index (χ4n) is 2.03. The second kappa shape index (κ2) is 5.41. The van der Waals surface area contributed by atoms with Crippen LogP contribution in [-0.4, -0.2) is 0 Å². The van der Waals surface area contributed by atoms with Gasteiger partial charge in [-0.1, -0.05) is 25.5 Å². The summed E-state index contributed by atoms with van der Waals surface area (Å²) >= 11 is 1.34. The van der Waals surface area contributed by atoms with Crippen LogP contribution in [0.25, 0.3) is 10.4 Å². The number of benzene rings is 1. The lowest BCUT2D eigenvalue weighted by Gasteiger charge is -2.05. The molecule has 0 saturated carbocycles. The molecule has 0 spiro atoms. The molecule has 98 valence electrons. The van der Waals surface area contributed by atoms with Crippen LogP contribution in [0.15, 0.2) is 18.2 Å². The molecule has 0 bridgehead atoms. The first-order valence-electron chi connectivity index (χ1n) is 6.16. The van der Waals surface area contributed by atoms with Gasteiger partial charge in [0.2, 0.25) is 0 Å². The average Bonchev–Trinajstić information content (AvgIpc) is 2.71. The molecule has 0 saturated heterocycles. The van der Waals surface area contributed by atoms with Crippen molar-refractivity contribution in [2.75, 3.05) is 5.73 Å². The number of nitrogens with two attached hydrogens (primary N) is 1. The van der Waals surface area contributed by atoms with Crippen molar-refractivity contribution in [2.45, 2.75) is 26.7 Å². The number of rotatable bonds is 3. The number of nitrogens with zero attached hydrogens (tertiary/aromatic N) is 1. The van der Waals surface area contributed by atoms with Gasteiger partial charge in [-0.3, -0.25) is 0 Å². The molecular weight excluding hydrogens is 259 g/mol. The number of hydrogen-bond donors (Lipinski definition) is 1. The predicted octanol–water partition coefficient (Wildman–Crippen LogP) is 4.27. The second-order valence-corrected chi connectivity index (χ2v) is 5.50. The van der Waals surface area contributed by atoms with Crippen LogP contribution in [0.3, 0.4) is 0 Å². The minimum Gasteiger partial charge on any atom is -0.397 e. The van der Waals surface area contributed by atoms with Gasteiger partial charge >= 0.3 is 0 Å². The van der Waals surface area contributed by atoms with E-state index in [2.05, 4.69) is 13.0 Å². The van der Waals surface area contributed by atoms with E-state index in [1.807, 2.05) is 6.07 Å². The van der Waals surface area contributed by atoms with Crippen LogP contribution in [-0.2, 0) is 6.42 Å². The van der Waals surface area contributed by atoms with E-state index in [1.165, 1.54) is 17.4 Å². The van der Waals surface area contributed by atoms with Gasteiger partial charge < -0.3 is 5.73 Å². The summed E-state index contributed by atoms with van der Waals surface area (Å²) in [5.41, 5.74) is 8.92. The van der Waals surface area contributed by atoms with Gasteiger partial charge in [0.1, 0.15) is 16.8 Å². The summed E-state index contributed by atoms with van der Waals surface area (Å²) in [6.07, 6.45) is 1.74. The van der Waals surface area contributed by atoms with E-state index >= 15 is 0 Å². The van der Waals surface area contributed by atoms with E-state index in [-0.39, 0.29) is 5.82 Å². The van der Waals surface area contributed by atoms with Gasteiger partial charge in [0, 0.05) is 4.88 Å². The van der Waals surface area contributed by atoms with Gasteiger partial charge in [0.05, 0.1) is 5.69 Å². The van der Waals surface area contributed by atoms with E-state index in [0.717, 1.165) is 28.8 Å². The lowest BCUT2D eigenvalue weighted by molar-refractivity contribution is 0.619. The van der Waals surface area contributed by atoms with E-state index in [9.17, 15) is 4.39 Å². The summed E-state index contributed by atoms with van der Waals surface area (Å²) < 4.78 is 13.7. The van der Waals surface area contributed by atoms with Crippen molar-refractivity contribution in [3.05, 3.63) is 40.0 Å². The quantitative estimate of drug-likeness (QED) is 0.908. The summed E-state index contributed by atoms with van der Waals surface area (Å²) in [4.78, 5) is 1.43. The Hall–Kier alpha value is -1.86. The third-order valence-corrected chi connectivity index (χ3v) is 4.29. The molecule has 1 aromatic heterocycles. The highest BCUT2D eigenvalue weighted by molar-refractivity contribution is 7.16. The smallest absolute Gasteiger partial charge is 0.128 e. The van der Waals surface area contributed by atoms with Crippen molar-refractivity contribution in [1.82, 2.24) is 0 Å². The minimum atomic E-state index is -0.231. The maximum Gasteiger partial charge on any atom is 0.128 e. The van der Waals surface area contributed by atoms with E-state index in [1.54, 1.807) is 13.0 Å². The average molecular weight is 274 g/mol. The van der Waals surface area contributed by atoms with Crippen LogP contribution >= 0.6 is 11.3 Å². The summed E-state index contributed by atoms with van der Waals surface area (Å²) in [6.45, 7) is 3.79. The first-order valence-corrected chi connectivity index (χ1v) is 6.97. The fraction of sp³-hybridized carbons (Fsp3) is 0.267. The Kier molecular flexibility index (Phi) is 3.87. The lowest BCUT2D eigenvalue weighted by atomic mass is 10.0. The van der Waals surface area contributed by atoms with Crippen molar-refractivity contribution in [3.63, 3.8) is 0 Å². The van der Waals surface area contributed by atoms with Gasteiger partial charge in [-0.15, -0.1) is 11.3 Å². The number of hydrogen-bond acceptors (Lipinski definition) is 3. The molecule has 2 rings (SSSR count). The van der Waals surface area contributed by atoms with Crippen LogP contribution in [0.2, 0.25) is 0 Å². The maximum absolute atomic E-state index is 13.7. The molecule has 0 fully saturated rings. The van der Waals surface area contributed by atoms with Crippen molar-refractivity contribution < 1.29 is 4.39 Å². The number of nitrogen functional groups attached to an aromatic ring is 1. The summed E-state index contributed by atoms with van der Waals surface area (Å²) in [5, 5.41) is 9.08. The molecule has 0 radical (unpaired) electrons. The standard InChI is InChI=1S/C15H15FN2S/c1-3-4-11-14(18)13(8-17)19-15(11)10-6-5-9(2)12(16)7-10/h5-7H,3-4,18H2,1-2H3. The number of halogens is 1. The molecule has 2 N–H and O–H groups in total. The summed E-state index contributed by atoms with van der Waals surface area (Å²) in [5.74, 6) is -0.231. The molecule has 1 aromatic carbocycles. The zero-order chi connectivity index (χ0) is 14.0. The zero-order valence-corrected chi connectivity index (χ0v) is 11.8. The van der Waals surface area contributed by atoms with Gasteiger partial charge in [-0.25, -0.2) is 4.39 Å². The first kappa shape index (κ1) is 13.6. The van der Waals surface area contributed by atoms with Crippen LogP contribution in [0.1, 0.15) is 29.3 Å². The predicted molar refractivity (Wildman–Crippen MR) is 77.6 cm³/mol. The molecule has 0 aliphatic heterocycles. The molecule has 0 amide bonds. The van der Waals surface area contributed by atoms with Crippen molar-refractivity contribution >= 4 is 17.0 Å². The molecule has 19 heavy (non-hydrogen) atoms. The molecule has 0 unspecified atom stereocenters. The number of aryl methyl sites for hydroxylation is 1. The molecule has 0 aliphatic rings. The third-order valence-electron chi connectivity index (χ3n) is 3.08. The van der Waals surface area contributed by atoms with E-state index < -0.39 is 0 Å². The van der Waals surface area contributed by atoms with Crippen molar-refractivity contribution in [1.29, 1.82) is 5.26 Å². The molecule has 2 nitrogen and oxygen atoms in total. The van der Waals surface area contributed by atoms with Crippen LogP contribution in [0, 0.1) is 24.1 Å². The molecule has 0 aliphatic carbocycles. The summed E-state index contributed by atoms with van der Waals surface area (Å²) in [7, 11) is 0. The Morgan fingerprint density at radius 1 is 1.42 bits per heavy atom. The monoisotopic (exact) mass is 274 g/mol.